The average Bonchev–Trinajstić information content (AvgIpc) is 2.88. The van der Waals surface area contributed by atoms with E-state index in [4.69, 9.17) is 15.9 Å². The molecule has 0 spiro atoms. The number of carbonyl (C=O) groups is 1. The number of ether oxygens (including phenoxy) is 2. The summed E-state index contributed by atoms with van der Waals surface area (Å²) >= 11 is 0. The van der Waals surface area contributed by atoms with E-state index in [9.17, 15) is 4.79 Å². The first-order chi connectivity index (χ1) is 16.7. The van der Waals surface area contributed by atoms with Crippen molar-refractivity contribution < 1.29 is 14.3 Å². The van der Waals surface area contributed by atoms with Gasteiger partial charge in [0.15, 0.2) is 0 Å². The van der Waals surface area contributed by atoms with Gasteiger partial charge in [0.2, 0.25) is 0 Å². The molecule has 2 aliphatic rings. The molecule has 2 aliphatic heterocycles. The molecule has 2 aromatic carbocycles. The Labute approximate surface area is 198 Å². The van der Waals surface area contributed by atoms with Crippen LogP contribution in [0.2, 0.25) is 0 Å². The summed E-state index contributed by atoms with van der Waals surface area (Å²) in [5.74, 6) is 3.82. The Morgan fingerprint density at radius 3 is 2.88 bits per heavy atom. The van der Waals surface area contributed by atoms with E-state index >= 15 is 0 Å². The van der Waals surface area contributed by atoms with E-state index in [1.165, 1.54) is 6.33 Å². The number of hydrogen-bond donors (Lipinski definition) is 1. The summed E-state index contributed by atoms with van der Waals surface area (Å²) in [5.41, 5.74) is 3.02. The molecule has 8 nitrogen and oxygen atoms in total. The largest absolute Gasteiger partial charge is 0.489 e. The summed E-state index contributed by atoms with van der Waals surface area (Å²) in [4.78, 5) is 25.9. The summed E-state index contributed by atoms with van der Waals surface area (Å²) in [5, 5.41) is 4.11. The highest BCUT2D eigenvalue weighted by Gasteiger charge is 2.24. The molecule has 1 N–H and O–H groups in total. The molecule has 8 heteroatoms. The lowest BCUT2D eigenvalue weighted by Gasteiger charge is -2.29. The number of aromatic nitrogens is 2. The van der Waals surface area contributed by atoms with E-state index < -0.39 is 0 Å². The van der Waals surface area contributed by atoms with Gasteiger partial charge in [0.1, 0.15) is 24.5 Å². The number of anilines is 3. The smallest absolute Gasteiger partial charge is 0.250 e. The van der Waals surface area contributed by atoms with Crippen LogP contribution in [0.4, 0.5) is 17.2 Å². The Morgan fingerprint density at radius 2 is 2.03 bits per heavy atom. The third kappa shape index (κ3) is 4.71. The minimum atomic E-state index is -0.0785. The van der Waals surface area contributed by atoms with Gasteiger partial charge in [0, 0.05) is 48.4 Å². The van der Waals surface area contributed by atoms with Gasteiger partial charge in [-0.3, -0.25) is 9.69 Å². The second kappa shape index (κ2) is 9.91. The van der Waals surface area contributed by atoms with Crippen molar-refractivity contribution in [2.24, 2.45) is 0 Å². The van der Waals surface area contributed by atoms with Crippen molar-refractivity contribution >= 4 is 34.0 Å². The molecule has 34 heavy (non-hydrogen) atoms. The molecule has 1 amide bonds. The first-order valence-corrected chi connectivity index (χ1v) is 11.2. The van der Waals surface area contributed by atoms with Gasteiger partial charge in [0.05, 0.1) is 31.0 Å². The Morgan fingerprint density at radius 1 is 1.15 bits per heavy atom. The Hall–Kier alpha value is -3.93. The van der Waals surface area contributed by atoms with Crippen LogP contribution in [0.1, 0.15) is 5.56 Å². The number of terminal acetylenes is 1. The molecule has 1 saturated heterocycles. The molecule has 0 radical (unpaired) electrons. The van der Waals surface area contributed by atoms with Crippen molar-refractivity contribution in [1.82, 2.24) is 14.9 Å². The number of rotatable bonds is 5. The van der Waals surface area contributed by atoms with E-state index in [1.807, 2.05) is 42.5 Å². The molecule has 0 bridgehead atoms. The highest BCUT2D eigenvalue weighted by molar-refractivity contribution is 6.05. The highest BCUT2D eigenvalue weighted by atomic mass is 16.5. The normalized spacial score (nSPS) is 16.1. The molecule has 3 heterocycles. The third-order valence-electron chi connectivity index (χ3n) is 5.87. The lowest BCUT2D eigenvalue weighted by atomic mass is 10.1. The van der Waals surface area contributed by atoms with Gasteiger partial charge >= 0.3 is 0 Å². The van der Waals surface area contributed by atoms with Crippen molar-refractivity contribution in [3.63, 3.8) is 0 Å². The molecule has 1 aromatic heterocycles. The van der Waals surface area contributed by atoms with Crippen LogP contribution >= 0.6 is 0 Å². The number of amides is 1. The lowest BCUT2D eigenvalue weighted by molar-refractivity contribution is -0.114. The summed E-state index contributed by atoms with van der Waals surface area (Å²) < 4.78 is 11.2. The van der Waals surface area contributed by atoms with Gasteiger partial charge in [-0.2, -0.15) is 0 Å². The minimum Gasteiger partial charge on any atom is -0.489 e. The molecular formula is C26H25N5O3. The number of benzene rings is 2. The van der Waals surface area contributed by atoms with E-state index in [1.54, 1.807) is 11.0 Å². The molecule has 172 valence electrons. The Balaban J connectivity index is 1.41. The number of morpholine rings is 1. The highest BCUT2D eigenvalue weighted by Crippen LogP contribution is 2.37. The zero-order valence-electron chi connectivity index (χ0n) is 18.7. The zero-order chi connectivity index (χ0) is 23.3. The number of nitrogens with zero attached hydrogens (tertiary/aromatic N) is 4. The van der Waals surface area contributed by atoms with Crippen LogP contribution < -0.4 is 15.0 Å². The van der Waals surface area contributed by atoms with E-state index in [0.29, 0.717) is 30.4 Å². The quantitative estimate of drug-likeness (QED) is 0.468. The molecule has 1 fully saturated rings. The maximum atomic E-state index is 13.1. The maximum Gasteiger partial charge on any atom is 0.250 e. The molecule has 0 aliphatic carbocycles. The first-order valence-electron chi connectivity index (χ1n) is 11.2. The predicted molar refractivity (Wildman–Crippen MR) is 131 cm³/mol. The van der Waals surface area contributed by atoms with Crippen molar-refractivity contribution in [1.29, 1.82) is 0 Å². The van der Waals surface area contributed by atoms with E-state index in [0.717, 1.165) is 55.0 Å². The topological polar surface area (TPSA) is 79.8 Å². The van der Waals surface area contributed by atoms with Gasteiger partial charge in [-0.05, 0) is 24.3 Å². The molecule has 3 aromatic rings. The van der Waals surface area contributed by atoms with Gasteiger partial charge in [-0.25, -0.2) is 9.97 Å². The van der Waals surface area contributed by atoms with Crippen LogP contribution in [0, 0.1) is 12.3 Å². The predicted octanol–water partition coefficient (Wildman–Crippen LogP) is 2.97. The summed E-state index contributed by atoms with van der Waals surface area (Å²) in [7, 11) is 0. The molecule has 0 atom stereocenters. The fourth-order valence-corrected chi connectivity index (χ4v) is 4.09. The number of carbonyl (C=O) groups excluding carboxylic acids is 1. The maximum absolute atomic E-state index is 13.1. The minimum absolute atomic E-state index is 0.0785. The molecule has 0 unspecified atom stereocenters. The Kier molecular flexibility index (Phi) is 6.38. The second-order valence-electron chi connectivity index (χ2n) is 8.06. The van der Waals surface area contributed by atoms with Crippen molar-refractivity contribution in [3.8, 4) is 18.1 Å². The monoisotopic (exact) mass is 455 g/mol. The van der Waals surface area contributed by atoms with E-state index in [-0.39, 0.29) is 5.91 Å². The fraction of sp³-hybridized carbons (Fsp3) is 0.269. The van der Waals surface area contributed by atoms with Crippen LogP contribution in [-0.4, -0.2) is 66.8 Å². The van der Waals surface area contributed by atoms with Gasteiger partial charge in [-0.15, -0.1) is 6.42 Å². The van der Waals surface area contributed by atoms with Gasteiger partial charge < -0.3 is 19.7 Å². The standard InChI is InChI=1S/C26H25N5O3/c1-2-19-5-3-6-20(15-19)29-26-21-16-23-24(17-22(21)27-18-28-26)34-14-11-31(23)25(32)7-4-8-30-9-12-33-13-10-30/h1,3-7,15-18H,8-14H2,(H,27,28,29). The molecular weight excluding hydrogens is 430 g/mol. The third-order valence-corrected chi connectivity index (χ3v) is 5.87. The second-order valence-corrected chi connectivity index (χ2v) is 8.06. The fourth-order valence-electron chi connectivity index (χ4n) is 4.09. The van der Waals surface area contributed by atoms with Crippen LogP contribution in [0.25, 0.3) is 10.9 Å². The van der Waals surface area contributed by atoms with Gasteiger partial charge in [0.25, 0.3) is 5.91 Å². The lowest BCUT2D eigenvalue weighted by Crippen LogP contribution is -2.38. The number of nitrogens with one attached hydrogen (secondary N) is 1. The zero-order valence-corrected chi connectivity index (χ0v) is 18.7. The molecule has 0 saturated carbocycles. The number of fused-ring (bicyclic) bond motifs is 2. The van der Waals surface area contributed by atoms with E-state index in [2.05, 4.69) is 26.1 Å². The summed E-state index contributed by atoms with van der Waals surface area (Å²) in [6.45, 7) is 4.85. The van der Waals surface area contributed by atoms with Crippen molar-refractivity contribution in [2.75, 3.05) is 56.2 Å². The Bertz CT molecular complexity index is 1280. The summed E-state index contributed by atoms with van der Waals surface area (Å²) in [6, 6.07) is 11.3. The van der Waals surface area contributed by atoms with Crippen molar-refractivity contribution in [3.05, 3.63) is 60.4 Å². The summed E-state index contributed by atoms with van der Waals surface area (Å²) in [6.07, 6.45) is 10.6. The van der Waals surface area contributed by atoms with Gasteiger partial charge in [-0.1, -0.05) is 18.1 Å². The average molecular weight is 456 g/mol. The molecule has 5 rings (SSSR count). The van der Waals surface area contributed by atoms with Crippen LogP contribution in [0.3, 0.4) is 0 Å². The van der Waals surface area contributed by atoms with Crippen LogP contribution in [0.5, 0.6) is 5.75 Å². The SMILES string of the molecule is C#Cc1cccc(Nc2ncnc3cc4c(cc23)N(C(=O)C=CCN2CCOCC2)CCO4)c1. The number of hydrogen-bond acceptors (Lipinski definition) is 7. The van der Waals surface area contributed by atoms with Crippen LogP contribution in [0.15, 0.2) is 54.9 Å². The van der Waals surface area contributed by atoms with Crippen LogP contribution in [-0.2, 0) is 9.53 Å². The van der Waals surface area contributed by atoms with Crippen molar-refractivity contribution in [2.45, 2.75) is 0 Å². The first kappa shape index (κ1) is 21.9.